The molecule has 0 atom stereocenters. The number of aromatic amines is 1. The number of carbonyl (C=O) groups is 2. The van der Waals surface area contributed by atoms with Crippen LogP contribution in [0.15, 0.2) is 40.4 Å². The van der Waals surface area contributed by atoms with E-state index < -0.39 is 41.1 Å². The monoisotopic (exact) mass is 526 g/mol. The van der Waals surface area contributed by atoms with Gasteiger partial charge in [-0.25, -0.2) is 14.2 Å². The summed E-state index contributed by atoms with van der Waals surface area (Å²) in [6.45, 7) is 14.0. The zero-order chi connectivity index (χ0) is 28.3. The molecule has 1 aromatic carbocycles. The van der Waals surface area contributed by atoms with Crippen molar-refractivity contribution in [2.24, 2.45) is 5.41 Å². The van der Waals surface area contributed by atoms with Crippen LogP contribution in [0.2, 0.25) is 0 Å². The van der Waals surface area contributed by atoms with Crippen molar-refractivity contribution in [1.29, 1.82) is 0 Å². The van der Waals surface area contributed by atoms with Gasteiger partial charge in [0, 0.05) is 13.1 Å². The first-order valence-corrected chi connectivity index (χ1v) is 12.1. The summed E-state index contributed by atoms with van der Waals surface area (Å²) >= 11 is 0. The molecule has 12 nitrogen and oxygen atoms in total. The minimum atomic E-state index is -0.810. The third-order valence-electron chi connectivity index (χ3n) is 5.21. The maximum atomic E-state index is 13.5. The van der Waals surface area contributed by atoms with Gasteiger partial charge in [-0.2, -0.15) is 4.98 Å². The van der Waals surface area contributed by atoms with Crippen molar-refractivity contribution in [3.05, 3.63) is 57.2 Å². The van der Waals surface area contributed by atoms with E-state index in [9.17, 15) is 19.2 Å². The molecule has 3 aromatic rings. The van der Waals surface area contributed by atoms with E-state index in [1.54, 1.807) is 64.3 Å². The van der Waals surface area contributed by atoms with E-state index in [-0.39, 0.29) is 30.2 Å². The van der Waals surface area contributed by atoms with E-state index in [0.717, 1.165) is 4.57 Å². The Balaban J connectivity index is 2.02. The second kappa shape index (κ2) is 11.0. The standard InChI is InChI=1S/C26H34N6O6/c1-8-16-11-9-10-12-17(16)32-18-19(29-22(32)27-13-14-28-24(36)38-26(5,6)7)30-23(35)31(20(18)33)15-37-21(34)25(2,3)4/h8-12H,1,13-15H2,2-7H3,(H,27,29)(H,28,36)(H,30,35). The zero-order valence-corrected chi connectivity index (χ0v) is 22.5. The summed E-state index contributed by atoms with van der Waals surface area (Å²) in [5.74, 6) is -0.313. The summed E-state index contributed by atoms with van der Waals surface area (Å²) in [5, 5.41) is 5.74. The molecule has 0 bridgehead atoms. The minimum Gasteiger partial charge on any atom is -0.444 e. The Bertz CT molecular complexity index is 1470. The number of carbonyl (C=O) groups excluding carboxylic acids is 2. The number of anilines is 1. The van der Waals surface area contributed by atoms with Crippen molar-refractivity contribution in [3.8, 4) is 5.69 Å². The number of benzene rings is 1. The maximum Gasteiger partial charge on any atom is 0.407 e. The highest BCUT2D eigenvalue weighted by molar-refractivity contribution is 5.79. The summed E-state index contributed by atoms with van der Waals surface area (Å²) in [6, 6.07) is 7.20. The number of rotatable bonds is 8. The molecule has 3 rings (SSSR count). The van der Waals surface area contributed by atoms with Gasteiger partial charge >= 0.3 is 17.8 Å². The highest BCUT2D eigenvalue weighted by Crippen LogP contribution is 2.24. The minimum absolute atomic E-state index is 0.0415. The van der Waals surface area contributed by atoms with E-state index in [1.807, 2.05) is 12.1 Å². The van der Waals surface area contributed by atoms with Gasteiger partial charge in [-0.1, -0.05) is 30.9 Å². The van der Waals surface area contributed by atoms with Crippen LogP contribution >= 0.6 is 0 Å². The van der Waals surface area contributed by atoms with Gasteiger partial charge in [-0.3, -0.25) is 19.1 Å². The Morgan fingerprint density at radius 2 is 1.79 bits per heavy atom. The molecule has 2 aromatic heterocycles. The first kappa shape index (κ1) is 28.2. The fourth-order valence-electron chi connectivity index (χ4n) is 3.42. The number of aromatic nitrogens is 4. The lowest BCUT2D eigenvalue weighted by molar-refractivity contribution is -0.157. The van der Waals surface area contributed by atoms with Crippen LogP contribution in [0.1, 0.15) is 47.1 Å². The number of H-pyrrole nitrogens is 1. The Labute approximate surface area is 219 Å². The molecule has 0 unspecified atom stereocenters. The normalized spacial score (nSPS) is 11.7. The van der Waals surface area contributed by atoms with Crippen LogP contribution in [0.25, 0.3) is 22.9 Å². The molecule has 0 aliphatic carbocycles. The van der Waals surface area contributed by atoms with E-state index in [1.165, 1.54) is 0 Å². The first-order valence-electron chi connectivity index (χ1n) is 12.1. The molecule has 3 N–H and O–H groups in total. The van der Waals surface area contributed by atoms with Crippen LogP contribution < -0.4 is 21.9 Å². The number of hydrogen-bond donors (Lipinski definition) is 3. The molecule has 0 spiro atoms. The molecule has 0 fully saturated rings. The molecule has 0 saturated carbocycles. The lowest BCUT2D eigenvalue weighted by Gasteiger charge is -2.19. The van der Waals surface area contributed by atoms with Crippen LogP contribution in [0.4, 0.5) is 10.7 Å². The summed E-state index contributed by atoms with van der Waals surface area (Å²) in [4.78, 5) is 57.5. The van der Waals surface area contributed by atoms with Gasteiger partial charge in [0.2, 0.25) is 5.95 Å². The van der Waals surface area contributed by atoms with Crippen molar-refractivity contribution in [3.63, 3.8) is 0 Å². The number of para-hydroxylation sites is 1. The van der Waals surface area contributed by atoms with E-state index in [0.29, 0.717) is 11.3 Å². The predicted octanol–water partition coefficient (Wildman–Crippen LogP) is 3.00. The van der Waals surface area contributed by atoms with Crippen LogP contribution in [0, 0.1) is 5.41 Å². The highest BCUT2D eigenvalue weighted by Gasteiger charge is 2.25. The average Bonchev–Trinajstić information content (AvgIpc) is 3.17. The van der Waals surface area contributed by atoms with Crippen LogP contribution in [0.3, 0.4) is 0 Å². The lowest BCUT2D eigenvalue weighted by Crippen LogP contribution is -2.38. The molecule has 2 heterocycles. The summed E-state index contributed by atoms with van der Waals surface area (Å²) < 4.78 is 12.8. The maximum absolute atomic E-state index is 13.5. The van der Waals surface area contributed by atoms with Gasteiger partial charge in [-0.15, -0.1) is 0 Å². The van der Waals surface area contributed by atoms with Crippen LogP contribution in [0.5, 0.6) is 0 Å². The molecule has 0 radical (unpaired) electrons. The molecule has 38 heavy (non-hydrogen) atoms. The number of ether oxygens (including phenoxy) is 2. The van der Waals surface area contributed by atoms with E-state index in [4.69, 9.17) is 9.47 Å². The average molecular weight is 527 g/mol. The summed E-state index contributed by atoms with van der Waals surface area (Å²) in [5.41, 5.74) is -1.52. The number of alkyl carbamates (subject to hydrolysis) is 1. The number of hydrogen-bond acceptors (Lipinski definition) is 8. The molecule has 0 aliphatic rings. The van der Waals surface area contributed by atoms with Gasteiger partial charge < -0.3 is 20.1 Å². The predicted molar refractivity (Wildman–Crippen MR) is 144 cm³/mol. The Kier molecular flexibility index (Phi) is 8.13. The Morgan fingerprint density at radius 1 is 1.11 bits per heavy atom. The first-order chi connectivity index (χ1) is 17.7. The molecule has 0 saturated heterocycles. The summed E-state index contributed by atoms with van der Waals surface area (Å²) in [6.07, 6.45) is 1.06. The third-order valence-corrected chi connectivity index (χ3v) is 5.21. The van der Waals surface area contributed by atoms with Crippen LogP contribution in [-0.2, 0) is 21.0 Å². The van der Waals surface area contributed by atoms with Gasteiger partial charge in [0.05, 0.1) is 11.1 Å². The quantitative estimate of drug-likeness (QED) is 0.300. The SMILES string of the molecule is C=Cc1ccccc1-n1c(NCCNC(=O)OC(C)(C)C)nc2[nH]c(=O)n(COC(=O)C(C)(C)C)c(=O)c21. The second-order valence-corrected chi connectivity index (χ2v) is 10.6. The van der Waals surface area contributed by atoms with Crippen LogP contribution in [-0.4, -0.2) is 49.9 Å². The Morgan fingerprint density at radius 3 is 2.42 bits per heavy atom. The number of imidazole rings is 1. The van der Waals surface area contributed by atoms with Gasteiger partial charge in [0.15, 0.2) is 17.9 Å². The topological polar surface area (TPSA) is 149 Å². The number of nitrogens with zero attached hydrogens (tertiary/aromatic N) is 3. The lowest BCUT2D eigenvalue weighted by atomic mass is 9.98. The number of esters is 1. The smallest absolute Gasteiger partial charge is 0.407 e. The highest BCUT2D eigenvalue weighted by atomic mass is 16.6. The largest absolute Gasteiger partial charge is 0.444 e. The molecule has 0 aliphatic heterocycles. The van der Waals surface area contributed by atoms with Crippen molar-refractivity contribution < 1.29 is 19.1 Å². The molecular weight excluding hydrogens is 492 g/mol. The molecule has 204 valence electrons. The van der Waals surface area contributed by atoms with E-state index in [2.05, 4.69) is 27.2 Å². The number of nitrogens with one attached hydrogen (secondary N) is 3. The fraction of sp³-hybridized carbons (Fsp3) is 0.423. The van der Waals surface area contributed by atoms with E-state index >= 15 is 0 Å². The number of amides is 1. The third kappa shape index (κ3) is 6.50. The molecule has 12 heteroatoms. The van der Waals surface area contributed by atoms with Crippen molar-refractivity contribution in [1.82, 2.24) is 24.4 Å². The van der Waals surface area contributed by atoms with Crippen molar-refractivity contribution >= 4 is 35.3 Å². The van der Waals surface area contributed by atoms with Gasteiger partial charge in [0.1, 0.15) is 5.60 Å². The number of fused-ring (bicyclic) bond motifs is 1. The fourth-order valence-corrected chi connectivity index (χ4v) is 3.42. The van der Waals surface area contributed by atoms with Gasteiger partial charge in [-0.05, 0) is 53.2 Å². The zero-order valence-electron chi connectivity index (χ0n) is 22.5. The summed E-state index contributed by atoms with van der Waals surface area (Å²) in [7, 11) is 0. The molecular formula is C26H34N6O6. The Hall–Kier alpha value is -4.35. The van der Waals surface area contributed by atoms with Crippen molar-refractivity contribution in [2.45, 2.75) is 53.9 Å². The van der Waals surface area contributed by atoms with Crippen molar-refractivity contribution in [2.75, 3.05) is 18.4 Å². The van der Waals surface area contributed by atoms with Gasteiger partial charge in [0.25, 0.3) is 5.56 Å². The molecule has 1 amide bonds. The second-order valence-electron chi connectivity index (χ2n) is 10.6.